The van der Waals surface area contributed by atoms with Gasteiger partial charge in [-0.1, -0.05) is 29.3 Å². The Morgan fingerprint density at radius 3 is 2.59 bits per heavy atom. The van der Waals surface area contributed by atoms with Crippen molar-refractivity contribution in [2.24, 2.45) is 5.92 Å². The van der Waals surface area contributed by atoms with Gasteiger partial charge in [-0.25, -0.2) is 8.42 Å². The molecule has 9 heteroatoms. The second kappa shape index (κ2) is 9.34. The van der Waals surface area contributed by atoms with Gasteiger partial charge in [-0.3, -0.25) is 4.79 Å². The summed E-state index contributed by atoms with van der Waals surface area (Å²) < 4.78 is 32.3. The molecule has 0 aliphatic carbocycles. The van der Waals surface area contributed by atoms with Crippen LogP contribution in [0.4, 0.5) is 0 Å². The van der Waals surface area contributed by atoms with E-state index in [4.69, 9.17) is 27.9 Å². The topological polar surface area (TPSA) is 75.7 Å². The maximum Gasteiger partial charge on any atom is 0.243 e. The molecule has 6 nitrogen and oxygen atoms in total. The number of nitrogens with one attached hydrogen (secondary N) is 1. The van der Waals surface area contributed by atoms with Crippen LogP contribution in [0.1, 0.15) is 18.4 Å². The second-order valence-electron chi connectivity index (χ2n) is 6.83. The van der Waals surface area contributed by atoms with Crippen molar-refractivity contribution in [3.8, 4) is 5.75 Å². The van der Waals surface area contributed by atoms with Crippen molar-refractivity contribution in [3.63, 3.8) is 0 Å². The molecule has 2 aromatic rings. The number of benzene rings is 2. The van der Waals surface area contributed by atoms with Crippen molar-refractivity contribution in [2.75, 3.05) is 20.2 Å². The molecule has 0 unspecified atom stereocenters. The average molecular weight is 457 g/mol. The predicted molar refractivity (Wildman–Crippen MR) is 113 cm³/mol. The zero-order valence-electron chi connectivity index (χ0n) is 15.9. The summed E-state index contributed by atoms with van der Waals surface area (Å²) in [5, 5.41) is 3.85. The SMILES string of the molecule is COc1ccc(S(=O)(=O)N2CCC[C@H](C(=O)NCc3ccc(Cl)cc3Cl)C2)cc1. The van der Waals surface area contributed by atoms with E-state index < -0.39 is 15.9 Å². The molecule has 0 radical (unpaired) electrons. The van der Waals surface area contributed by atoms with E-state index in [9.17, 15) is 13.2 Å². The Labute approximate surface area is 180 Å². The molecule has 1 atom stereocenters. The molecule has 0 saturated carbocycles. The molecular formula is C20H22Cl2N2O4S. The van der Waals surface area contributed by atoms with Crippen LogP contribution < -0.4 is 10.1 Å². The number of hydrogen-bond acceptors (Lipinski definition) is 4. The highest BCUT2D eigenvalue weighted by Crippen LogP contribution is 2.26. The normalized spacial score (nSPS) is 17.7. The van der Waals surface area contributed by atoms with Gasteiger partial charge in [-0.05, 0) is 54.8 Å². The molecule has 1 aliphatic rings. The Hall–Kier alpha value is -1.80. The molecule has 1 fully saturated rings. The van der Waals surface area contributed by atoms with E-state index in [0.717, 1.165) is 5.56 Å². The smallest absolute Gasteiger partial charge is 0.243 e. The minimum absolute atomic E-state index is 0.147. The van der Waals surface area contributed by atoms with Crippen molar-refractivity contribution in [1.29, 1.82) is 0 Å². The number of sulfonamides is 1. The van der Waals surface area contributed by atoms with Crippen molar-refractivity contribution < 1.29 is 17.9 Å². The van der Waals surface area contributed by atoms with Crippen molar-refractivity contribution in [3.05, 3.63) is 58.1 Å². The van der Waals surface area contributed by atoms with Crippen LogP contribution in [-0.2, 0) is 21.4 Å². The maximum absolute atomic E-state index is 12.9. The van der Waals surface area contributed by atoms with Crippen LogP contribution in [0.5, 0.6) is 5.75 Å². The number of halogens is 2. The van der Waals surface area contributed by atoms with Crippen LogP contribution in [0.2, 0.25) is 10.0 Å². The summed E-state index contributed by atoms with van der Waals surface area (Å²) in [6, 6.07) is 11.3. The van der Waals surface area contributed by atoms with Crippen molar-refractivity contribution in [2.45, 2.75) is 24.3 Å². The molecule has 0 spiro atoms. The second-order valence-corrected chi connectivity index (χ2v) is 9.61. The minimum atomic E-state index is -3.67. The van der Waals surface area contributed by atoms with E-state index in [2.05, 4.69) is 5.32 Å². The zero-order valence-corrected chi connectivity index (χ0v) is 18.2. The zero-order chi connectivity index (χ0) is 21.0. The van der Waals surface area contributed by atoms with Crippen LogP contribution in [0.25, 0.3) is 0 Å². The summed E-state index contributed by atoms with van der Waals surface area (Å²) >= 11 is 12.0. The quantitative estimate of drug-likeness (QED) is 0.718. The number of amides is 1. The summed E-state index contributed by atoms with van der Waals surface area (Å²) in [7, 11) is -2.15. The first-order chi connectivity index (χ1) is 13.8. The lowest BCUT2D eigenvalue weighted by molar-refractivity contribution is -0.126. The fourth-order valence-electron chi connectivity index (χ4n) is 3.26. The predicted octanol–water partition coefficient (Wildman–Crippen LogP) is 3.72. The number of carbonyl (C=O) groups excluding carboxylic acids is 1. The van der Waals surface area contributed by atoms with Crippen molar-refractivity contribution >= 4 is 39.1 Å². The fourth-order valence-corrected chi connectivity index (χ4v) is 5.26. The Morgan fingerprint density at radius 2 is 1.93 bits per heavy atom. The molecule has 0 bridgehead atoms. The van der Waals surface area contributed by atoms with Gasteiger partial charge < -0.3 is 10.1 Å². The third kappa shape index (κ3) is 5.22. The van der Waals surface area contributed by atoms with Crippen LogP contribution in [0, 0.1) is 5.92 Å². The third-order valence-electron chi connectivity index (χ3n) is 4.92. The highest BCUT2D eigenvalue weighted by atomic mass is 35.5. The monoisotopic (exact) mass is 456 g/mol. The Kier molecular flexibility index (Phi) is 7.05. The lowest BCUT2D eigenvalue weighted by atomic mass is 9.99. The number of hydrogen-bond donors (Lipinski definition) is 1. The maximum atomic E-state index is 12.9. The van der Waals surface area contributed by atoms with Gasteiger partial charge in [0, 0.05) is 29.7 Å². The molecule has 2 aromatic carbocycles. The number of nitrogens with zero attached hydrogens (tertiary/aromatic N) is 1. The molecule has 1 heterocycles. The molecule has 1 aliphatic heterocycles. The van der Waals surface area contributed by atoms with Gasteiger partial charge in [0.05, 0.1) is 17.9 Å². The number of methoxy groups -OCH3 is 1. The first-order valence-electron chi connectivity index (χ1n) is 9.17. The summed E-state index contributed by atoms with van der Waals surface area (Å²) in [6.45, 7) is 0.798. The lowest BCUT2D eigenvalue weighted by Crippen LogP contribution is -2.45. The Bertz CT molecular complexity index is 980. The van der Waals surface area contributed by atoms with Crippen LogP contribution in [0.3, 0.4) is 0 Å². The molecule has 29 heavy (non-hydrogen) atoms. The van der Waals surface area contributed by atoms with Crippen molar-refractivity contribution in [1.82, 2.24) is 9.62 Å². The van der Waals surface area contributed by atoms with E-state index >= 15 is 0 Å². The first-order valence-corrected chi connectivity index (χ1v) is 11.4. The Balaban J connectivity index is 1.65. The average Bonchev–Trinajstić information content (AvgIpc) is 2.73. The van der Waals surface area contributed by atoms with E-state index in [1.807, 2.05) is 0 Å². The van der Waals surface area contributed by atoms with E-state index in [0.29, 0.717) is 35.2 Å². The number of piperidine rings is 1. The highest BCUT2D eigenvalue weighted by molar-refractivity contribution is 7.89. The molecular weight excluding hydrogens is 435 g/mol. The number of carbonyl (C=O) groups is 1. The van der Waals surface area contributed by atoms with Gasteiger partial charge in [0.15, 0.2) is 0 Å². The van der Waals surface area contributed by atoms with E-state index in [-0.39, 0.29) is 23.9 Å². The summed E-state index contributed by atoms with van der Waals surface area (Å²) in [4.78, 5) is 12.8. The van der Waals surface area contributed by atoms with Gasteiger partial charge >= 0.3 is 0 Å². The van der Waals surface area contributed by atoms with Gasteiger partial charge in [0.1, 0.15) is 5.75 Å². The first kappa shape index (κ1) is 21.9. The van der Waals surface area contributed by atoms with Crippen LogP contribution >= 0.6 is 23.2 Å². The van der Waals surface area contributed by atoms with Crippen LogP contribution in [0.15, 0.2) is 47.4 Å². The summed E-state index contributed by atoms with van der Waals surface area (Å²) in [5.74, 6) is -0.0193. The summed E-state index contributed by atoms with van der Waals surface area (Å²) in [6.07, 6.45) is 1.25. The Morgan fingerprint density at radius 1 is 1.21 bits per heavy atom. The van der Waals surface area contributed by atoms with Gasteiger partial charge in [0.2, 0.25) is 15.9 Å². The van der Waals surface area contributed by atoms with Gasteiger partial charge in [-0.15, -0.1) is 0 Å². The van der Waals surface area contributed by atoms with Gasteiger partial charge in [-0.2, -0.15) is 4.31 Å². The largest absolute Gasteiger partial charge is 0.497 e. The fraction of sp³-hybridized carbons (Fsp3) is 0.350. The molecule has 0 aromatic heterocycles. The highest BCUT2D eigenvalue weighted by Gasteiger charge is 2.33. The molecule has 1 amide bonds. The number of ether oxygens (including phenoxy) is 1. The minimum Gasteiger partial charge on any atom is -0.497 e. The van der Waals surface area contributed by atoms with Gasteiger partial charge in [0.25, 0.3) is 0 Å². The third-order valence-corrected chi connectivity index (χ3v) is 7.39. The van der Waals surface area contributed by atoms with E-state index in [1.165, 1.54) is 23.5 Å². The molecule has 156 valence electrons. The molecule has 1 N–H and O–H groups in total. The molecule has 1 saturated heterocycles. The molecule has 3 rings (SSSR count). The lowest BCUT2D eigenvalue weighted by Gasteiger charge is -2.31. The summed E-state index contributed by atoms with van der Waals surface area (Å²) in [5.41, 5.74) is 0.753. The standard InChI is InChI=1S/C20H22Cl2N2O4S/c1-28-17-6-8-18(9-7-17)29(26,27)24-10-2-3-15(13-24)20(25)23-12-14-4-5-16(21)11-19(14)22/h4-9,11,15H,2-3,10,12-13H2,1H3,(H,23,25)/t15-/m0/s1. The number of rotatable bonds is 6. The van der Waals surface area contributed by atoms with Crippen LogP contribution in [-0.4, -0.2) is 38.8 Å². The van der Waals surface area contributed by atoms with E-state index in [1.54, 1.807) is 30.3 Å².